The highest BCUT2D eigenvalue weighted by molar-refractivity contribution is 5.90. The van der Waals surface area contributed by atoms with Crippen LogP contribution in [0.1, 0.15) is 28.3 Å². The molecule has 1 aliphatic carbocycles. The van der Waals surface area contributed by atoms with Crippen molar-refractivity contribution in [2.75, 3.05) is 28.4 Å². The summed E-state index contributed by atoms with van der Waals surface area (Å²) in [4.78, 5) is 13.0. The summed E-state index contributed by atoms with van der Waals surface area (Å²) in [6.45, 7) is 0.486. The Balaban J connectivity index is 1.61. The number of nitrogens with zero attached hydrogens (tertiary/aromatic N) is 1. The van der Waals surface area contributed by atoms with Crippen LogP contribution in [0.2, 0.25) is 0 Å². The van der Waals surface area contributed by atoms with Crippen molar-refractivity contribution < 1.29 is 28.5 Å². The molecule has 0 aliphatic heterocycles. The first-order chi connectivity index (χ1) is 18.0. The first kappa shape index (κ1) is 24.6. The van der Waals surface area contributed by atoms with Crippen molar-refractivity contribution in [3.63, 3.8) is 0 Å². The quantitative estimate of drug-likeness (QED) is 0.307. The first-order valence-electron chi connectivity index (χ1n) is 12.2. The lowest BCUT2D eigenvalue weighted by Crippen LogP contribution is -2.23. The third-order valence-corrected chi connectivity index (χ3v) is 7.24. The summed E-state index contributed by atoms with van der Waals surface area (Å²) >= 11 is 0. The lowest BCUT2D eigenvalue weighted by atomic mass is 9.87. The Kier molecular flexibility index (Phi) is 6.70. The zero-order valence-corrected chi connectivity index (χ0v) is 21.7. The Labute approximate surface area is 216 Å². The molecular weight excluding hydrogens is 470 g/mol. The van der Waals surface area contributed by atoms with Crippen molar-refractivity contribution in [2.24, 2.45) is 13.0 Å². The van der Waals surface area contributed by atoms with Crippen LogP contribution in [-0.2, 0) is 29.6 Å². The van der Waals surface area contributed by atoms with Gasteiger partial charge in [0.1, 0.15) is 12.4 Å². The average molecular weight is 502 g/mol. The van der Waals surface area contributed by atoms with Gasteiger partial charge in [0.15, 0.2) is 11.5 Å². The van der Waals surface area contributed by atoms with Crippen LogP contribution in [0.5, 0.6) is 23.0 Å². The van der Waals surface area contributed by atoms with E-state index in [1.165, 1.54) is 7.11 Å². The van der Waals surface area contributed by atoms with Crippen molar-refractivity contribution in [1.82, 2.24) is 4.57 Å². The Morgan fingerprint density at radius 2 is 1.62 bits per heavy atom. The summed E-state index contributed by atoms with van der Waals surface area (Å²) in [5.74, 6) is 1.51. The minimum absolute atomic E-state index is 0.248. The number of ether oxygens (including phenoxy) is 5. The fraction of sp³-hybridized carbons (Fsp3) is 0.300. The molecule has 1 heterocycles. The average Bonchev–Trinajstić information content (AvgIpc) is 3.46. The van der Waals surface area contributed by atoms with Crippen LogP contribution in [0.3, 0.4) is 0 Å². The largest absolute Gasteiger partial charge is 0.493 e. The normalized spacial score (nSPS) is 16.4. The molecular formula is C30H31NO6. The van der Waals surface area contributed by atoms with Gasteiger partial charge in [-0.3, -0.25) is 4.79 Å². The minimum Gasteiger partial charge on any atom is -0.493 e. The summed E-state index contributed by atoms with van der Waals surface area (Å²) in [6.07, 6.45) is 0.558. The van der Waals surface area contributed by atoms with Crippen LogP contribution in [0.25, 0.3) is 10.9 Å². The standard InChI is InChI=1S/C30H31NO6/c1-31-24-12-11-20(37-17-18-9-7-6-8-10-18)15-21(24)22-16-23(30(32)36-5)27(28(22)31)19-13-25(33-2)29(35-4)26(14-19)34-3/h6-15,23,27H,16-17H2,1-5H3. The lowest BCUT2D eigenvalue weighted by Gasteiger charge is -2.23. The highest BCUT2D eigenvalue weighted by atomic mass is 16.5. The number of hydrogen-bond acceptors (Lipinski definition) is 6. The van der Waals surface area contributed by atoms with Gasteiger partial charge in [0.05, 0.1) is 34.4 Å². The number of fused-ring (bicyclic) bond motifs is 3. The van der Waals surface area contributed by atoms with E-state index in [1.807, 2.05) is 55.6 Å². The molecule has 2 unspecified atom stereocenters. The minimum atomic E-state index is -0.387. The van der Waals surface area contributed by atoms with Gasteiger partial charge in [-0.15, -0.1) is 0 Å². The Morgan fingerprint density at radius 3 is 2.24 bits per heavy atom. The molecule has 0 spiro atoms. The summed E-state index contributed by atoms with van der Waals surface area (Å²) < 4.78 is 30.3. The van der Waals surface area contributed by atoms with Gasteiger partial charge in [-0.25, -0.2) is 0 Å². The summed E-state index contributed by atoms with van der Waals surface area (Å²) in [5, 5.41) is 1.08. The molecule has 3 aromatic carbocycles. The fourth-order valence-electron chi connectivity index (χ4n) is 5.53. The molecule has 7 nitrogen and oxygen atoms in total. The number of aromatic nitrogens is 1. The molecule has 2 atom stereocenters. The van der Waals surface area contributed by atoms with Crippen molar-refractivity contribution in [2.45, 2.75) is 18.9 Å². The topological polar surface area (TPSA) is 68.2 Å². The van der Waals surface area contributed by atoms with E-state index in [2.05, 4.69) is 16.7 Å². The fourth-order valence-corrected chi connectivity index (χ4v) is 5.53. The number of benzene rings is 3. The van der Waals surface area contributed by atoms with Crippen molar-refractivity contribution >= 4 is 16.9 Å². The van der Waals surface area contributed by atoms with E-state index in [1.54, 1.807) is 21.3 Å². The van der Waals surface area contributed by atoms with Crippen LogP contribution in [0.4, 0.5) is 0 Å². The second-order valence-corrected chi connectivity index (χ2v) is 9.15. The molecule has 192 valence electrons. The number of rotatable bonds is 8. The maximum Gasteiger partial charge on any atom is 0.310 e. The highest BCUT2D eigenvalue weighted by Gasteiger charge is 2.43. The van der Waals surface area contributed by atoms with E-state index in [0.29, 0.717) is 30.3 Å². The SMILES string of the molecule is COC(=O)C1Cc2c(n(C)c3ccc(OCc4ccccc4)cc23)C1c1cc(OC)c(OC)c(OC)c1. The van der Waals surface area contributed by atoms with Crippen LogP contribution < -0.4 is 18.9 Å². The second-order valence-electron chi connectivity index (χ2n) is 9.15. The maximum absolute atomic E-state index is 13.0. The van der Waals surface area contributed by atoms with Gasteiger partial charge in [-0.05, 0) is 53.4 Å². The van der Waals surface area contributed by atoms with Gasteiger partial charge in [-0.2, -0.15) is 0 Å². The number of methoxy groups -OCH3 is 4. The number of aryl methyl sites for hydroxylation is 1. The molecule has 37 heavy (non-hydrogen) atoms. The van der Waals surface area contributed by atoms with Gasteiger partial charge in [-0.1, -0.05) is 30.3 Å². The monoisotopic (exact) mass is 501 g/mol. The second kappa shape index (κ2) is 10.1. The maximum atomic E-state index is 13.0. The number of carbonyl (C=O) groups is 1. The van der Waals surface area contributed by atoms with Gasteiger partial charge in [0.2, 0.25) is 5.75 Å². The molecule has 0 bridgehead atoms. The number of esters is 1. The molecule has 4 aromatic rings. The van der Waals surface area contributed by atoms with Crippen LogP contribution in [-0.4, -0.2) is 39.0 Å². The van der Waals surface area contributed by atoms with Gasteiger partial charge >= 0.3 is 5.97 Å². The molecule has 7 heteroatoms. The predicted molar refractivity (Wildman–Crippen MR) is 141 cm³/mol. The van der Waals surface area contributed by atoms with E-state index in [-0.39, 0.29) is 17.8 Å². The predicted octanol–water partition coefficient (Wildman–Crippen LogP) is 5.26. The van der Waals surface area contributed by atoms with Gasteiger partial charge in [0.25, 0.3) is 0 Å². The van der Waals surface area contributed by atoms with Gasteiger partial charge < -0.3 is 28.3 Å². The van der Waals surface area contributed by atoms with E-state index >= 15 is 0 Å². The highest BCUT2D eigenvalue weighted by Crippen LogP contribution is 2.50. The van der Waals surface area contributed by atoms with Crippen molar-refractivity contribution in [3.05, 3.63) is 83.0 Å². The number of hydrogen-bond donors (Lipinski definition) is 0. The Morgan fingerprint density at radius 1 is 0.919 bits per heavy atom. The molecule has 0 amide bonds. The summed E-state index contributed by atoms with van der Waals surface area (Å²) in [7, 11) is 8.23. The summed E-state index contributed by atoms with van der Waals surface area (Å²) in [5.41, 5.74) is 5.28. The molecule has 0 saturated heterocycles. The van der Waals surface area contributed by atoms with Gasteiger partial charge in [0, 0.05) is 29.6 Å². The smallest absolute Gasteiger partial charge is 0.310 e. The van der Waals surface area contributed by atoms with E-state index < -0.39 is 0 Å². The van der Waals surface area contributed by atoms with E-state index in [4.69, 9.17) is 23.7 Å². The molecule has 0 N–H and O–H groups in total. The third kappa shape index (κ3) is 4.24. The molecule has 1 aliphatic rings. The van der Waals surface area contributed by atoms with E-state index in [0.717, 1.165) is 39.0 Å². The Hall–Kier alpha value is -4.13. The Bertz CT molecular complexity index is 1420. The van der Waals surface area contributed by atoms with Crippen molar-refractivity contribution in [1.29, 1.82) is 0 Å². The molecule has 1 aromatic heterocycles. The molecule has 0 fully saturated rings. The summed E-state index contributed by atoms with van der Waals surface area (Å²) in [6, 6.07) is 20.1. The van der Waals surface area contributed by atoms with Crippen LogP contribution in [0, 0.1) is 5.92 Å². The number of carbonyl (C=O) groups excluding carboxylic acids is 1. The zero-order valence-electron chi connectivity index (χ0n) is 21.7. The first-order valence-corrected chi connectivity index (χ1v) is 12.2. The van der Waals surface area contributed by atoms with E-state index in [9.17, 15) is 4.79 Å². The van der Waals surface area contributed by atoms with Crippen LogP contribution in [0.15, 0.2) is 60.7 Å². The molecule has 0 saturated carbocycles. The molecule has 0 radical (unpaired) electrons. The third-order valence-electron chi connectivity index (χ3n) is 7.24. The lowest BCUT2D eigenvalue weighted by molar-refractivity contribution is -0.145. The zero-order chi connectivity index (χ0) is 26.1. The van der Waals surface area contributed by atoms with Crippen LogP contribution >= 0.6 is 0 Å². The molecule has 5 rings (SSSR count). The van der Waals surface area contributed by atoms with Crippen molar-refractivity contribution in [3.8, 4) is 23.0 Å².